The van der Waals surface area contributed by atoms with Gasteiger partial charge in [0.25, 0.3) is 0 Å². The number of hydrogen-bond acceptors (Lipinski definition) is 2. The van der Waals surface area contributed by atoms with Crippen LogP contribution in [0.25, 0.3) is 0 Å². The average molecular weight is 228 g/mol. The second-order valence-corrected chi connectivity index (χ2v) is 4.42. The summed E-state index contributed by atoms with van der Waals surface area (Å²) in [6.07, 6.45) is 0. The SMILES string of the molecule is Cc1cc(Cl)cc(C)c1CN(C)CCO. The Morgan fingerprint density at radius 3 is 2.27 bits per heavy atom. The average Bonchev–Trinajstić information content (AvgIpc) is 2.11. The van der Waals surface area contributed by atoms with E-state index in [-0.39, 0.29) is 6.61 Å². The largest absolute Gasteiger partial charge is 0.395 e. The maximum Gasteiger partial charge on any atom is 0.0558 e. The molecule has 0 atom stereocenters. The molecule has 0 unspecified atom stereocenters. The number of rotatable bonds is 4. The summed E-state index contributed by atoms with van der Waals surface area (Å²) in [5, 5.41) is 9.62. The van der Waals surface area contributed by atoms with Gasteiger partial charge in [-0.2, -0.15) is 0 Å². The molecule has 0 aliphatic rings. The second-order valence-electron chi connectivity index (χ2n) is 3.98. The van der Waals surface area contributed by atoms with E-state index >= 15 is 0 Å². The number of aliphatic hydroxyl groups is 1. The van der Waals surface area contributed by atoms with Crippen LogP contribution in [-0.2, 0) is 6.54 Å². The maximum atomic E-state index is 8.83. The normalized spacial score (nSPS) is 11.1. The van der Waals surface area contributed by atoms with Crippen LogP contribution in [0, 0.1) is 13.8 Å². The van der Waals surface area contributed by atoms with Gasteiger partial charge in [0, 0.05) is 18.1 Å². The summed E-state index contributed by atoms with van der Waals surface area (Å²) in [6.45, 7) is 5.89. The number of nitrogens with zero attached hydrogens (tertiary/aromatic N) is 1. The highest BCUT2D eigenvalue weighted by Crippen LogP contribution is 2.21. The minimum absolute atomic E-state index is 0.197. The van der Waals surface area contributed by atoms with Crippen molar-refractivity contribution in [1.29, 1.82) is 0 Å². The smallest absolute Gasteiger partial charge is 0.0558 e. The van der Waals surface area contributed by atoms with Crippen molar-refractivity contribution in [2.45, 2.75) is 20.4 Å². The van der Waals surface area contributed by atoms with Gasteiger partial charge in [0.15, 0.2) is 0 Å². The summed E-state index contributed by atoms with van der Waals surface area (Å²) in [6, 6.07) is 3.97. The van der Waals surface area contributed by atoms with Gasteiger partial charge in [0.1, 0.15) is 0 Å². The molecule has 15 heavy (non-hydrogen) atoms. The Kier molecular flexibility index (Phi) is 4.58. The summed E-state index contributed by atoms with van der Waals surface area (Å²) < 4.78 is 0. The summed E-state index contributed by atoms with van der Waals surface area (Å²) in [5.41, 5.74) is 3.73. The Labute approximate surface area is 96.5 Å². The van der Waals surface area contributed by atoms with Crippen LogP contribution in [0.4, 0.5) is 0 Å². The van der Waals surface area contributed by atoms with Gasteiger partial charge in [0.2, 0.25) is 0 Å². The molecular formula is C12H18ClNO. The lowest BCUT2D eigenvalue weighted by Gasteiger charge is -2.18. The zero-order valence-corrected chi connectivity index (χ0v) is 10.3. The third-order valence-electron chi connectivity index (χ3n) is 2.57. The van der Waals surface area contributed by atoms with Crippen LogP contribution in [-0.4, -0.2) is 30.2 Å². The molecule has 0 aliphatic heterocycles. The van der Waals surface area contributed by atoms with E-state index in [4.69, 9.17) is 16.7 Å². The molecule has 1 N–H and O–H groups in total. The van der Waals surface area contributed by atoms with Crippen molar-refractivity contribution in [1.82, 2.24) is 4.90 Å². The lowest BCUT2D eigenvalue weighted by molar-refractivity contribution is 0.217. The molecule has 0 bridgehead atoms. The number of aliphatic hydroxyl groups excluding tert-OH is 1. The van der Waals surface area contributed by atoms with Gasteiger partial charge in [-0.1, -0.05) is 11.6 Å². The first-order chi connectivity index (χ1) is 7.04. The topological polar surface area (TPSA) is 23.5 Å². The van der Waals surface area contributed by atoms with Crippen molar-refractivity contribution >= 4 is 11.6 Å². The standard InChI is InChI=1S/C12H18ClNO/c1-9-6-11(13)7-10(2)12(9)8-14(3)4-5-15/h6-7,15H,4-5,8H2,1-3H3. The fourth-order valence-electron chi connectivity index (χ4n) is 1.71. The number of benzene rings is 1. The molecule has 0 aliphatic carbocycles. The molecule has 0 saturated heterocycles. The van der Waals surface area contributed by atoms with Crippen molar-refractivity contribution in [2.24, 2.45) is 0 Å². The molecule has 0 heterocycles. The van der Waals surface area contributed by atoms with Crippen LogP contribution in [0.15, 0.2) is 12.1 Å². The lowest BCUT2D eigenvalue weighted by Crippen LogP contribution is -2.22. The van der Waals surface area contributed by atoms with Crippen molar-refractivity contribution in [2.75, 3.05) is 20.2 Å². The van der Waals surface area contributed by atoms with Crippen molar-refractivity contribution in [3.63, 3.8) is 0 Å². The predicted octanol–water partition coefficient (Wildman–Crippen LogP) is 2.38. The van der Waals surface area contributed by atoms with Crippen LogP contribution in [0.2, 0.25) is 5.02 Å². The zero-order valence-electron chi connectivity index (χ0n) is 9.55. The first-order valence-electron chi connectivity index (χ1n) is 5.09. The van der Waals surface area contributed by atoms with E-state index in [0.717, 1.165) is 11.6 Å². The van der Waals surface area contributed by atoms with Gasteiger partial charge in [-0.05, 0) is 49.7 Å². The summed E-state index contributed by atoms with van der Waals surface area (Å²) in [5.74, 6) is 0. The molecule has 0 fully saturated rings. The third-order valence-corrected chi connectivity index (χ3v) is 2.79. The van der Waals surface area contributed by atoms with Gasteiger partial charge in [-0.15, -0.1) is 0 Å². The van der Waals surface area contributed by atoms with Crippen LogP contribution >= 0.6 is 11.6 Å². The van der Waals surface area contributed by atoms with E-state index in [2.05, 4.69) is 18.7 Å². The Morgan fingerprint density at radius 2 is 1.80 bits per heavy atom. The molecule has 0 amide bonds. The number of halogens is 1. The third kappa shape index (κ3) is 3.49. The molecule has 1 aromatic rings. The van der Waals surface area contributed by atoms with E-state index in [1.165, 1.54) is 16.7 Å². The summed E-state index contributed by atoms with van der Waals surface area (Å²) >= 11 is 5.97. The highest BCUT2D eigenvalue weighted by molar-refractivity contribution is 6.30. The second kappa shape index (κ2) is 5.50. The van der Waals surface area contributed by atoms with E-state index in [0.29, 0.717) is 6.54 Å². The monoisotopic (exact) mass is 227 g/mol. The first kappa shape index (κ1) is 12.5. The minimum atomic E-state index is 0.197. The molecule has 2 nitrogen and oxygen atoms in total. The van der Waals surface area contributed by atoms with Crippen LogP contribution in [0.1, 0.15) is 16.7 Å². The zero-order chi connectivity index (χ0) is 11.4. The van der Waals surface area contributed by atoms with Gasteiger partial charge >= 0.3 is 0 Å². The van der Waals surface area contributed by atoms with Crippen LogP contribution in [0.3, 0.4) is 0 Å². The predicted molar refractivity (Wildman–Crippen MR) is 64.3 cm³/mol. The van der Waals surface area contributed by atoms with Crippen molar-refractivity contribution < 1.29 is 5.11 Å². The molecule has 0 aromatic heterocycles. The molecule has 0 saturated carbocycles. The molecule has 3 heteroatoms. The van der Waals surface area contributed by atoms with Gasteiger partial charge in [0.05, 0.1) is 6.61 Å². The van der Waals surface area contributed by atoms with E-state index < -0.39 is 0 Å². The summed E-state index contributed by atoms with van der Waals surface area (Å²) in [4.78, 5) is 2.10. The quantitative estimate of drug-likeness (QED) is 0.854. The molecule has 0 spiro atoms. The van der Waals surface area contributed by atoms with Crippen LogP contribution < -0.4 is 0 Å². The van der Waals surface area contributed by atoms with Crippen molar-refractivity contribution in [3.8, 4) is 0 Å². The number of likely N-dealkylation sites (N-methyl/N-ethyl adjacent to an activating group) is 1. The summed E-state index contributed by atoms with van der Waals surface area (Å²) in [7, 11) is 2.00. The number of hydrogen-bond donors (Lipinski definition) is 1. The maximum absolute atomic E-state index is 8.83. The molecule has 84 valence electrons. The minimum Gasteiger partial charge on any atom is -0.395 e. The molecule has 1 rings (SSSR count). The van der Waals surface area contributed by atoms with E-state index in [9.17, 15) is 0 Å². The van der Waals surface area contributed by atoms with Crippen LogP contribution in [0.5, 0.6) is 0 Å². The highest BCUT2D eigenvalue weighted by Gasteiger charge is 2.07. The van der Waals surface area contributed by atoms with E-state index in [1.807, 2.05) is 19.2 Å². The lowest BCUT2D eigenvalue weighted by atomic mass is 10.0. The van der Waals surface area contributed by atoms with Gasteiger partial charge < -0.3 is 5.11 Å². The molecule has 0 radical (unpaired) electrons. The van der Waals surface area contributed by atoms with E-state index in [1.54, 1.807) is 0 Å². The van der Waals surface area contributed by atoms with Crippen molar-refractivity contribution in [3.05, 3.63) is 33.8 Å². The molecular weight excluding hydrogens is 210 g/mol. The Balaban J connectivity index is 2.85. The first-order valence-corrected chi connectivity index (χ1v) is 5.47. The molecule has 1 aromatic carbocycles. The fourth-order valence-corrected chi connectivity index (χ4v) is 2.04. The fraction of sp³-hybridized carbons (Fsp3) is 0.500. The van der Waals surface area contributed by atoms with Gasteiger partial charge in [-0.3, -0.25) is 4.90 Å². The number of aryl methyl sites for hydroxylation is 2. The Bertz CT molecular complexity index is 315. The van der Waals surface area contributed by atoms with Gasteiger partial charge in [-0.25, -0.2) is 0 Å². The Hall–Kier alpha value is -0.570. The highest BCUT2D eigenvalue weighted by atomic mass is 35.5. The Morgan fingerprint density at radius 1 is 1.27 bits per heavy atom.